The molecule has 0 aliphatic rings. The standard InChI is InChI=1S/C18H14F3N3O3S/c19-18(20,21)13-8-4-5-9-14(13)22-15(25)10-11-28-16-17(26)27-23-24(16)12-6-2-1-3-7-12/h1-9H,10-11H2,(H-,22,23,25,26)/p+1. The van der Waals surface area contributed by atoms with Crippen LogP contribution in [0.1, 0.15) is 12.0 Å². The smallest absolute Gasteiger partial charge is 0.325 e. The first-order valence-electron chi connectivity index (χ1n) is 8.14. The predicted molar refractivity (Wildman–Crippen MR) is 96.3 cm³/mol. The second-order valence-corrected chi connectivity index (χ2v) is 6.73. The summed E-state index contributed by atoms with van der Waals surface area (Å²) < 4.78 is 45.2. The Morgan fingerprint density at radius 3 is 2.50 bits per heavy atom. The van der Waals surface area contributed by atoms with Gasteiger partial charge in [0.15, 0.2) is 0 Å². The van der Waals surface area contributed by atoms with Crippen LogP contribution in [0.3, 0.4) is 0 Å². The Hall–Kier alpha value is -3.01. The number of para-hydroxylation sites is 2. The van der Waals surface area contributed by atoms with Gasteiger partial charge in [-0.1, -0.05) is 30.3 Å². The third-order valence-electron chi connectivity index (χ3n) is 3.70. The van der Waals surface area contributed by atoms with E-state index in [4.69, 9.17) is 4.52 Å². The van der Waals surface area contributed by atoms with Gasteiger partial charge in [-0.15, -0.1) is 0 Å². The van der Waals surface area contributed by atoms with Crippen LogP contribution in [0.4, 0.5) is 18.9 Å². The van der Waals surface area contributed by atoms with E-state index in [2.05, 4.69) is 10.6 Å². The molecule has 0 fully saturated rings. The zero-order chi connectivity index (χ0) is 20.1. The summed E-state index contributed by atoms with van der Waals surface area (Å²) in [5, 5.41) is 4.98. The van der Waals surface area contributed by atoms with Crippen molar-refractivity contribution in [2.24, 2.45) is 0 Å². The first kappa shape index (κ1) is 19.7. The maximum Gasteiger partial charge on any atom is 0.442 e. The number of H-pyrrole nitrogens is 1. The average molecular weight is 410 g/mol. The van der Waals surface area contributed by atoms with Gasteiger partial charge in [0.05, 0.1) is 11.3 Å². The summed E-state index contributed by atoms with van der Waals surface area (Å²) in [6.45, 7) is 0. The zero-order valence-electron chi connectivity index (χ0n) is 14.3. The average Bonchev–Trinajstić information content (AvgIpc) is 3.03. The van der Waals surface area contributed by atoms with Crippen LogP contribution < -0.4 is 15.6 Å². The van der Waals surface area contributed by atoms with E-state index in [1.807, 2.05) is 6.07 Å². The molecule has 0 radical (unpaired) electrons. The van der Waals surface area contributed by atoms with E-state index in [1.165, 1.54) is 22.9 Å². The number of aromatic amines is 1. The molecular formula is C18H15F3N3O3S+. The number of thioether (sulfide) groups is 1. The van der Waals surface area contributed by atoms with E-state index >= 15 is 0 Å². The van der Waals surface area contributed by atoms with Crippen LogP contribution in [0.15, 0.2) is 68.9 Å². The number of amides is 1. The number of hydrogen-bond acceptors (Lipinski definition) is 4. The summed E-state index contributed by atoms with van der Waals surface area (Å²) in [5.74, 6) is -0.412. The molecule has 0 saturated heterocycles. The Morgan fingerprint density at radius 1 is 1.11 bits per heavy atom. The Bertz CT molecular complexity index is 1020. The maximum absolute atomic E-state index is 13.0. The maximum atomic E-state index is 13.0. The molecule has 0 atom stereocenters. The number of alkyl halides is 3. The number of carbonyl (C=O) groups is 1. The Labute approximate surface area is 161 Å². The molecule has 0 bridgehead atoms. The van der Waals surface area contributed by atoms with Crippen LogP contribution in [-0.2, 0) is 11.0 Å². The summed E-state index contributed by atoms with van der Waals surface area (Å²) in [7, 11) is 0. The molecule has 1 aromatic heterocycles. The number of nitrogens with zero attached hydrogens (tertiary/aromatic N) is 1. The summed E-state index contributed by atoms with van der Waals surface area (Å²) in [4.78, 5) is 23.9. The normalized spacial score (nSPS) is 11.4. The molecule has 2 N–H and O–H groups in total. The number of aromatic nitrogens is 2. The minimum Gasteiger partial charge on any atom is -0.325 e. The molecule has 1 heterocycles. The van der Waals surface area contributed by atoms with Gasteiger partial charge < -0.3 is 5.32 Å². The molecule has 0 unspecified atom stereocenters. The number of carbonyl (C=O) groups excluding carboxylic acids is 1. The fourth-order valence-electron chi connectivity index (χ4n) is 2.43. The van der Waals surface area contributed by atoms with Gasteiger partial charge in [0.1, 0.15) is 0 Å². The predicted octanol–water partition coefficient (Wildman–Crippen LogP) is 3.38. The number of halogens is 3. The molecule has 3 rings (SSSR count). The molecule has 0 aliphatic carbocycles. The van der Waals surface area contributed by atoms with Gasteiger partial charge in [-0.3, -0.25) is 9.32 Å². The lowest BCUT2D eigenvalue weighted by molar-refractivity contribution is -0.704. The zero-order valence-corrected chi connectivity index (χ0v) is 15.1. The van der Waals surface area contributed by atoms with Gasteiger partial charge in [0, 0.05) is 24.3 Å². The molecular weight excluding hydrogens is 395 g/mol. The summed E-state index contributed by atoms with van der Waals surface area (Å²) in [6.07, 6.45) is -4.65. The lowest BCUT2D eigenvalue weighted by atomic mass is 10.1. The molecule has 0 spiro atoms. The second kappa shape index (κ2) is 8.34. The minimum atomic E-state index is -4.57. The largest absolute Gasteiger partial charge is 0.442 e. The van der Waals surface area contributed by atoms with Crippen LogP contribution in [0.2, 0.25) is 0 Å². The molecule has 146 valence electrons. The van der Waals surface area contributed by atoms with Crippen molar-refractivity contribution < 1.29 is 27.2 Å². The van der Waals surface area contributed by atoms with E-state index in [0.717, 1.165) is 17.8 Å². The quantitative estimate of drug-likeness (QED) is 0.482. The second-order valence-electron chi connectivity index (χ2n) is 5.65. The van der Waals surface area contributed by atoms with Crippen molar-refractivity contribution in [3.63, 3.8) is 0 Å². The summed E-state index contributed by atoms with van der Waals surface area (Å²) in [5.41, 5.74) is -1.15. The lowest BCUT2D eigenvalue weighted by Gasteiger charge is -2.13. The molecule has 1 amide bonds. The summed E-state index contributed by atoms with van der Waals surface area (Å²) >= 11 is 1.07. The van der Waals surface area contributed by atoms with Crippen molar-refractivity contribution in [1.29, 1.82) is 0 Å². The highest BCUT2D eigenvalue weighted by molar-refractivity contribution is 7.99. The van der Waals surface area contributed by atoms with E-state index < -0.39 is 23.3 Å². The van der Waals surface area contributed by atoms with Gasteiger partial charge in [-0.25, -0.2) is 4.79 Å². The van der Waals surface area contributed by atoms with Crippen molar-refractivity contribution in [3.8, 4) is 5.69 Å². The van der Waals surface area contributed by atoms with Crippen LogP contribution in [0, 0.1) is 0 Å². The van der Waals surface area contributed by atoms with Crippen molar-refractivity contribution in [1.82, 2.24) is 5.27 Å². The van der Waals surface area contributed by atoms with Gasteiger partial charge in [0.25, 0.3) is 0 Å². The number of nitrogens with one attached hydrogen (secondary N) is 2. The lowest BCUT2D eigenvalue weighted by Crippen LogP contribution is -2.36. The Balaban J connectivity index is 1.64. The highest BCUT2D eigenvalue weighted by atomic mass is 32.2. The van der Waals surface area contributed by atoms with E-state index in [0.29, 0.717) is 5.69 Å². The van der Waals surface area contributed by atoms with E-state index in [9.17, 15) is 22.8 Å². The van der Waals surface area contributed by atoms with Crippen molar-refractivity contribution in [2.45, 2.75) is 17.6 Å². The first-order chi connectivity index (χ1) is 13.4. The van der Waals surface area contributed by atoms with Crippen molar-refractivity contribution >= 4 is 23.4 Å². The molecule has 0 saturated carbocycles. The third kappa shape index (κ3) is 4.63. The summed E-state index contributed by atoms with van der Waals surface area (Å²) in [6, 6.07) is 13.7. The number of benzene rings is 2. The molecule has 10 heteroatoms. The topological polar surface area (TPSA) is 79.0 Å². The van der Waals surface area contributed by atoms with Gasteiger partial charge >= 0.3 is 16.8 Å². The Morgan fingerprint density at radius 2 is 1.79 bits per heavy atom. The minimum absolute atomic E-state index is 0.0870. The van der Waals surface area contributed by atoms with Crippen LogP contribution >= 0.6 is 11.8 Å². The van der Waals surface area contributed by atoms with Crippen molar-refractivity contribution in [2.75, 3.05) is 11.1 Å². The number of hydrogen-bond donors (Lipinski definition) is 2. The molecule has 28 heavy (non-hydrogen) atoms. The third-order valence-corrected chi connectivity index (χ3v) is 4.73. The van der Waals surface area contributed by atoms with E-state index in [1.54, 1.807) is 24.3 Å². The molecule has 6 nitrogen and oxygen atoms in total. The monoisotopic (exact) mass is 410 g/mol. The SMILES string of the molecule is O=C(CCSc1c(=O)o[nH][n+]1-c1ccccc1)Nc1ccccc1C(F)(F)F. The van der Waals surface area contributed by atoms with Gasteiger partial charge in [-0.2, -0.15) is 13.2 Å². The molecule has 3 aromatic rings. The number of rotatable bonds is 6. The highest BCUT2D eigenvalue weighted by Crippen LogP contribution is 2.34. The fraction of sp³-hybridized carbons (Fsp3) is 0.167. The molecule has 2 aromatic carbocycles. The van der Waals surface area contributed by atoms with Crippen LogP contribution in [-0.4, -0.2) is 16.9 Å². The van der Waals surface area contributed by atoms with Crippen molar-refractivity contribution in [3.05, 3.63) is 70.6 Å². The number of anilines is 1. The highest BCUT2D eigenvalue weighted by Gasteiger charge is 2.33. The Kier molecular flexibility index (Phi) is 5.88. The first-order valence-corrected chi connectivity index (χ1v) is 9.12. The van der Waals surface area contributed by atoms with Crippen LogP contribution in [0.25, 0.3) is 5.69 Å². The van der Waals surface area contributed by atoms with Gasteiger partial charge in [0.2, 0.25) is 11.6 Å². The van der Waals surface area contributed by atoms with Gasteiger partial charge in [-0.05, 0) is 33.8 Å². The van der Waals surface area contributed by atoms with Crippen LogP contribution in [0.5, 0.6) is 0 Å². The van der Waals surface area contributed by atoms with E-state index in [-0.39, 0.29) is 22.9 Å². The molecule has 0 aliphatic heterocycles. The fourth-order valence-corrected chi connectivity index (χ4v) is 3.34.